The Kier molecular flexibility index (Phi) is 2.91. The van der Waals surface area contributed by atoms with E-state index in [1.807, 2.05) is 0 Å². The molecule has 66 valence electrons. The molecule has 5 heteroatoms. The lowest BCUT2D eigenvalue weighted by atomic mass is 10.1. The number of hydrogen-bond acceptors (Lipinski definition) is 2. The van der Waals surface area contributed by atoms with Gasteiger partial charge in [-0.05, 0) is 28.1 Å². The van der Waals surface area contributed by atoms with Gasteiger partial charge in [0.25, 0.3) is 0 Å². The molecule has 0 atom stereocenters. The fourth-order valence-electron chi connectivity index (χ4n) is 0.816. The number of carboxylic acids is 1. The van der Waals surface area contributed by atoms with Crippen LogP contribution in [0, 0.1) is 11.3 Å². The first-order chi connectivity index (χ1) is 6.06. The molecule has 0 fully saturated rings. The molecule has 0 saturated heterocycles. The number of carboxylic acid groups (broad SMARTS) is 1. The second-order valence-electron chi connectivity index (χ2n) is 2.23. The van der Waals surface area contributed by atoms with Gasteiger partial charge >= 0.3 is 5.97 Å². The summed E-state index contributed by atoms with van der Waals surface area (Å²) in [6.07, 6.45) is 0. The van der Waals surface area contributed by atoms with E-state index in [9.17, 15) is 4.79 Å². The number of aromatic carboxylic acids is 1. The molecule has 0 spiro atoms. The van der Waals surface area contributed by atoms with E-state index < -0.39 is 5.97 Å². The highest BCUT2D eigenvalue weighted by Crippen LogP contribution is 2.26. The van der Waals surface area contributed by atoms with E-state index in [1.54, 1.807) is 6.07 Å². The van der Waals surface area contributed by atoms with E-state index in [0.29, 0.717) is 4.47 Å². The van der Waals surface area contributed by atoms with Crippen molar-refractivity contribution in [2.75, 3.05) is 0 Å². The van der Waals surface area contributed by atoms with Gasteiger partial charge in [-0.3, -0.25) is 0 Å². The Morgan fingerprint density at radius 2 is 2.23 bits per heavy atom. The van der Waals surface area contributed by atoms with E-state index >= 15 is 0 Å². The second-order valence-corrected chi connectivity index (χ2v) is 3.49. The number of benzene rings is 1. The van der Waals surface area contributed by atoms with Crippen molar-refractivity contribution < 1.29 is 9.90 Å². The molecular weight excluding hydrogens is 257 g/mol. The van der Waals surface area contributed by atoms with Crippen LogP contribution < -0.4 is 0 Å². The molecule has 0 saturated carbocycles. The average Bonchev–Trinajstić information content (AvgIpc) is 2.08. The van der Waals surface area contributed by atoms with Crippen molar-refractivity contribution in [1.82, 2.24) is 0 Å². The van der Waals surface area contributed by atoms with Crippen LogP contribution in [-0.2, 0) is 0 Å². The van der Waals surface area contributed by atoms with Gasteiger partial charge in [-0.25, -0.2) is 4.79 Å². The molecule has 0 aliphatic heterocycles. The normalized spacial score (nSPS) is 9.31. The van der Waals surface area contributed by atoms with Crippen molar-refractivity contribution in [2.45, 2.75) is 0 Å². The summed E-state index contributed by atoms with van der Waals surface area (Å²) in [6, 6.07) is 4.40. The molecule has 0 heterocycles. The molecule has 0 aliphatic carbocycles. The average molecular weight is 260 g/mol. The van der Waals surface area contributed by atoms with E-state index in [2.05, 4.69) is 15.9 Å². The Balaban J connectivity index is 3.44. The van der Waals surface area contributed by atoms with Crippen LogP contribution in [0.4, 0.5) is 0 Å². The highest BCUT2D eigenvalue weighted by molar-refractivity contribution is 9.10. The Morgan fingerprint density at radius 1 is 1.62 bits per heavy atom. The van der Waals surface area contributed by atoms with Crippen molar-refractivity contribution in [3.63, 3.8) is 0 Å². The summed E-state index contributed by atoms with van der Waals surface area (Å²) in [4.78, 5) is 10.6. The Hall–Kier alpha value is -1.05. The summed E-state index contributed by atoms with van der Waals surface area (Å²) >= 11 is 8.76. The van der Waals surface area contributed by atoms with Gasteiger partial charge in [0.1, 0.15) is 6.07 Å². The van der Waals surface area contributed by atoms with Crippen LogP contribution in [0.25, 0.3) is 0 Å². The zero-order valence-corrected chi connectivity index (χ0v) is 8.56. The van der Waals surface area contributed by atoms with Crippen molar-refractivity contribution >= 4 is 33.5 Å². The van der Waals surface area contributed by atoms with Gasteiger partial charge in [-0.15, -0.1) is 0 Å². The summed E-state index contributed by atoms with van der Waals surface area (Å²) in [5.74, 6) is -1.16. The number of nitriles is 1. The molecular formula is C8H3BrClNO2. The van der Waals surface area contributed by atoms with Gasteiger partial charge < -0.3 is 5.11 Å². The third-order valence-corrected chi connectivity index (χ3v) is 2.61. The topological polar surface area (TPSA) is 61.1 Å². The van der Waals surface area contributed by atoms with E-state index in [1.165, 1.54) is 12.1 Å². The fourth-order valence-corrected chi connectivity index (χ4v) is 1.32. The summed E-state index contributed by atoms with van der Waals surface area (Å²) in [6.45, 7) is 0. The monoisotopic (exact) mass is 259 g/mol. The first-order valence-corrected chi connectivity index (χ1v) is 4.35. The number of carbonyl (C=O) groups is 1. The van der Waals surface area contributed by atoms with Crippen molar-refractivity contribution in [2.24, 2.45) is 0 Å². The first-order valence-electron chi connectivity index (χ1n) is 3.18. The molecule has 0 bridgehead atoms. The standard InChI is InChI=1S/C8H3BrClNO2/c9-6-1-4(3-11)5(8(12)13)2-7(6)10/h1-2H,(H,12,13). The van der Waals surface area contributed by atoms with Gasteiger partial charge in [0.15, 0.2) is 0 Å². The summed E-state index contributed by atoms with van der Waals surface area (Å²) in [7, 11) is 0. The highest BCUT2D eigenvalue weighted by atomic mass is 79.9. The van der Waals surface area contributed by atoms with Crippen LogP contribution in [0.3, 0.4) is 0 Å². The van der Waals surface area contributed by atoms with E-state index in [0.717, 1.165) is 0 Å². The van der Waals surface area contributed by atoms with Crippen LogP contribution in [0.15, 0.2) is 16.6 Å². The molecule has 0 unspecified atom stereocenters. The Morgan fingerprint density at radius 3 is 2.69 bits per heavy atom. The van der Waals surface area contributed by atoms with Gasteiger partial charge in [-0.1, -0.05) is 11.6 Å². The number of hydrogen-bond donors (Lipinski definition) is 1. The third kappa shape index (κ3) is 2.00. The lowest BCUT2D eigenvalue weighted by molar-refractivity contribution is 0.0696. The first kappa shape index (κ1) is 10.0. The maximum atomic E-state index is 10.6. The molecule has 0 aromatic heterocycles. The lowest BCUT2D eigenvalue weighted by Gasteiger charge is -2.00. The summed E-state index contributed by atoms with van der Waals surface area (Å²) < 4.78 is 0.510. The van der Waals surface area contributed by atoms with Crippen LogP contribution in [0.1, 0.15) is 15.9 Å². The van der Waals surface area contributed by atoms with Crippen LogP contribution in [0.2, 0.25) is 5.02 Å². The van der Waals surface area contributed by atoms with E-state index in [-0.39, 0.29) is 16.1 Å². The molecule has 1 N–H and O–H groups in total. The molecule has 1 aromatic carbocycles. The second kappa shape index (κ2) is 3.77. The largest absolute Gasteiger partial charge is 0.478 e. The van der Waals surface area contributed by atoms with Crippen molar-refractivity contribution in [1.29, 1.82) is 5.26 Å². The molecule has 13 heavy (non-hydrogen) atoms. The Bertz CT molecular complexity index is 411. The smallest absolute Gasteiger partial charge is 0.337 e. The molecule has 0 amide bonds. The molecule has 1 rings (SSSR count). The number of rotatable bonds is 1. The SMILES string of the molecule is N#Cc1cc(Br)c(Cl)cc1C(=O)O. The quantitative estimate of drug-likeness (QED) is 0.844. The zero-order chi connectivity index (χ0) is 10.0. The predicted molar refractivity (Wildman–Crippen MR) is 50.8 cm³/mol. The van der Waals surface area contributed by atoms with Gasteiger partial charge in [-0.2, -0.15) is 5.26 Å². The number of nitrogens with zero attached hydrogens (tertiary/aromatic N) is 1. The minimum atomic E-state index is -1.16. The van der Waals surface area contributed by atoms with Crippen LogP contribution in [0.5, 0.6) is 0 Å². The molecule has 0 radical (unpaired) electrons. The fraction of sp³-hybridized carbons (Fsp3) is 0. The van der Waals surface area contributed by atoms with Gasteiger partial charge in [0.2, 0.25) is 0 Å². The maximum absolute atomic E-state index is 10.6. The minimum absolute atomic E-state index is 0.0868. The van der Waals surface area contributed by atoms with Crippen LogP contribution >= 0.6 is 27.5 Å². The minimum Gasteiger partial charge on any atom is -0.478 e. The molecule has 1 aromatic rings. The van der Waals surface area contributed by atoms with Crippen molar-refractivity contribution in [3.05, 3.63) is 32.8 Å². The lowest BCUT2D eigenvalue weighted by Crippen LogP contribution is -2.00. The van der Waals surface area contributed by atoms with Crippen LogP contribution in [-0.4, -0.2) is 11.1 Å². The van der Waals surface area contributed by atoms with Gasteiger partial charge in [0.05, 0.1) is 16.1 Å². The third-order valence-electron chi connectivity index (χ3n) is 1.41. The maximum Gasteiger partial charge on any atom is 0.337 e. The van der Waals surface area contributed by atoms with Gasteiger partial charge in [0, 0.05) is 4.47 Å². The Labute approximate surface area is 87.7 Å². The highest BCUT2D eigenvalue weighted by Gasteiger charge is 2.12. The van der Waals surface area contributed by atoms with E-state index in [4.69, 9.17) is 22.0 Å². The molecule has 0 aliphatic rings. The molecule has 3 nitrogen and oxygen atoms in total. The predicted octanol–water partition coefficient (Wildman–Crippen LogP) is 2.67. The number of halogens is 2. The summed E-state index contributed by atoms with van der Waals surface area (Å²) in [5, 5.41) is 17.6. The summed E-state index contributed by atoms with van der Waals surface area (Å²) in [5.41, 5.74) is -0.000486. The van der Waals surface area contributed by atoms with Crippen molar-refractivity contribution in [3.8, 4) is 6.07 Å². The zero-order valence-electron chi connectivity index (χ0n) is 6.21.